The lowest BCUT2D eigenvalue weighted by Gasteiger charge is -2.36. The number of hydrogen-bond acceptors (Lipinski definition) is 2. The van der Waals surface area contributed by atoms with Crippen LogP contribution >= 0.6 is 0 Å². The van der Waals surface area contributed by atoms with Gasteiger partial charge in [-0.3, -0.25) is 9.80 Å². The third kappa shape index (κ3) is 1.78. The van der Waals surface area contributed by atoms with Crippen LogP contribution in [0.25, 0.3) is 0 Å². The quantitative estimate of drug-likeness (QED) is 0.366. The highest BCUT2D eigenvalue weighted by Gasteiger charge is 2.32. The van der Waals surface area contributed by atoms with E-state index in [-0.39, 0.29) is 17.4 Å². The molecule has 0 saturated heterocycles. The summed E-state index contributed by atoms with van der Waals surface area (Å²) in [4.78, 5) is 11.6. The van der Waals surface area contributed by atoms with E-state index >= 15 is 0 Å². The first-order chi connectivity index (χ1) is 5.43. The molecule has 0 aromatic heterocycles. The molecule has 1 amide bonds. The van der Waals surface area contributed by atoms with Crippen LogP contribution in [0.1, 0.15) is 40.0 Å². The molecule has 0 spiro atoms. The Morgan fingerprint density at radius 3 is 2.17 bits per heavy atom. The Labute approximate surface area is 73.9 Å². The fraction of sp³-hybridized carbons (Fsp3) is 0.889. The molecule has 3 nitrogen and oxygen atoms in total. The zero-order chi connectivity index (χ0) is 9.35. The Morgan fingerprint density at radius 1 is 1.42 bits per heavy atom. The fourth-order valence-electron chi connectivity index (χ4n) is 1.18. The number of hydrazine groups is 1. The Hall–Kier alpha value is -0.570. The minimum Gasteiger partial charge on any atom is -0.275 e. The third-order valence-corrected chi connectivity index (χ3v) is 2.41. The molecule has 0 bridgehead atoms. The van der Waals surface area contributed by atoms with Crippen molar-refractivity contribution in [1.29, 1.82) is 0 Å². The largest absolute Gasteiger partial charge is 0.275 e. The number of amides is 1. The summed E-state index contributed by atoms with van der Waals surface area (Å²) < 4.78 is 0. The molecule has 1 aliphatic carbocycles. The average Bonchev–Trinajstić information content (AvgIpc) is 1.79. The topological polar surface area (TPSA) is 46.3 Å². The minimum atomic E-state index is -0.243. The van der Waals surface area contributed by atoms with Crippen molar-refractivity contribution in [2.45, 2.75) is 45.6 Å². The summed E-state index contributed by atoms with van der Waals surface area (Å²) >= 11 is 0. The van der Waals surface area contributed by atoms with Crippen LogP contribution in [0.4, 0.5) is 0 Å². The molecule has 0 heterocycles. The molecular formula is C9H18N2O. The van der Waals surface area contributed by atoms with Gasteiger partial charge in [0.2, 0.25) is 5.91 Å². The Morgan fingerprint density at radius 2 is 1.92 bits per heavy atom. The standard InChI is InChI=1S/C9H18N2O/c1-9(2,3)11(10)8(12)7-5-4-6-7/h7H,4-6,10H2,1-3H3. The van der Waals surface area contributed by atoms with Crippen molar-refractivity contribution in [3.8, 4) is 0 Å². The molecule has 3 heteroatoms. The zero-order valence-electron chi connectivity index (χ0n) is 8.13. The van der Waals surface area contributed by atoms with Crippen molar-refractivity contribution in [2.24, 2.45) is 11.8 Å². The van der Waals surface area contributed by atoms with E-state index < -0.39 is 0 Å². The number of nitrogens with two attached hydrogens (primary N) is 1. The second-order valence-electron chi connectivity index (χ2n) is 4.51. The maximum absolute atomic E-state index is 11.6. The number of carbonyl (C=O) groups is 1. The van der Waals surface area contributed by atoms with Crippen molar-refractivity contribution < 1.29 is 4.79 Å². The van der Waals surface area contributed by atoms with Crippen LogP contribution in [0.2, 0.25) is 0 Å². The Bertz CT molecular complexity index is 179. The van der Waals surface area contributed by atoms with E-state index in [0.29, 0.717) is 0 Å². The van der Waals surface area contributed by atoms with Crippen LogP contribution in [-0.4, -0.2) is 16.5 Å². The van der Waals surface area contributed by atoms with Gasteiger partial charge in [-0.05, 0) is 33.6 Å². The van der Waals surface area contributed by atoms with Gasteiger partial charge in [-0.1, -0.05) is 6.42 Å². The van der Waals surface area contributed by atoms with Crippen LogP contribution in [0.5, 0.6) is 0 Å². The normalized spacial score (nSPS) is 18.7. The lowest BCUT2D eigenvalue weighted by molar-refractivity contribution is -0.143. The molecule has 1 aliphatic rings. The van der Waals surface area contributed by atoms with Crippen LogP contribution < -0.4 is 5.84 Å². The summed E-state index contributed by atoms with van der Waals surface area (Å²) in [7, 11) is 0. The van der Waals surface area contributed by atoms with E-state index in [1.807, 2.05) is 20.8 Å². The van der Waals surface area contributed by atoms with Gasteiger partial charge in [0.05, 0.1) is 5.54 Å². The van der Waals surface area contributed by atoms with E-state index in [1.54, 1.807) is 0 Å². The first-order valence-corrected chi connectivity index (χ1v) is 4.51. The van der Waals surface area contributed by atoms with Gasteiger partial charge in [-0.2, -0.15) is 0 Å². The second kappa shape index (κ2) is 3.05. The predicted octanol–water partition coefficient (Wildman–Crippen LogP) is 1.29. The molecule has 0 radical (unpaired) electrons. The van der Waals surface area contributed by atoms with Gasteiger partial charge in [0.1, 0.15) is 0 Å². The van der Waals surface area contributed by atoms with Crippen LogP contribution in [0.15, 0.2) is 0 Å². The molecule has 0 unspecified atom stereocenters. The van der Waals surface area contributed by atoms with E-state index in [4.69, 9.17) is 5.84 Å². The molecule has 0 aromatic rings. The summed E-state index contributed by atoms with van der Waals surface area (Å²) in [5.41, 5.74) is -0.243. The minimum absolute atomic E-state index is 0.105. The van der Waals surface area contributed by atoms with Crippen molar-refractivity contribution in [3.63, 3.8) is 0 Å². The molecule has 0 aromatic carbocycles. The average molecular weight is 170 g/mol. The molecule has 1 saturated carbocycles. The smallest absolute Gasteiger partial charge is 0.240 e. The first-order valence-electron chi connectivity index (χ1n) is 4.51. The number of rotatable bonds is 1. The number of hydrogen-bond donors (Lipinski definition) is 1. The molecule has 0 aliphatic heterocycles. The fourth-order valence-corrected chi connectivity index (χ4v) is 1.18. The Kier molecular flexibility index (Phi) is 2.42. The summed E-state index contributed by atoms with van der Waals surface area (Å²) in [6.07, 6.45) is 3.21. The SMILES string of the molecule is CC(C)(C)N(N)C(=O)C1CCC1. The van der Waals surface area contributed by atoms with Gasteiger partial charge in [0, 0.05) is 5.92 Å². The van der Waals surface area contributed by atoms with Crippen molar-refractivity contribution in [1.82, 2.24) is 5.01 Å². The summed E-state index contributed by atoms with van der Waals surface area (Å²) in [5, 5.41) is 1.37. The molecule has 1 fully saturated rings. The summed E-state index contributed by atoms with van der Waals surface area (Å²) in [5.74, 6) is 6.00. The van der Waals surface area contributed by atoms with Crippen molar-refractivity contribution in [3.05, 3.63) is 0 Å². The van der Waals surface area contributed by atoms with Crippen LogP contribution in [-0.2, 0) is 4.79 Å². The lowest BCUT2D eigenvalue weighted by atomic mass is 9.84. The molecular weight excluding hydrogens is 152 g/mol. The highest BCUT2D eigenvalue weighted by atomic mass is 16.2. The second-order valence-corrected chi connectivity index (χ2v) is 4.51. The van der Waals surface area contributed by atoms with Crippen molar-refractivity contribution in [2.75, 3.05) is 0 Å². The van der Waals surface area contributed by atoms with E-state index in [9.17, 15) is 4.79 Å². The summed E-state index contributed by atoms with van der Waals surface area (Å²) in [6, 6.07) is 0. The highest BCUT2D eigenvalue weighted by Crippen LogP contribution is 2.29. The molecule has 0 atom stereocenters. The van der Waals surface area contributed by atoms with E-state index in [1.165, 1.54) is 11.4 Å². The number of nitrogens with zero attached hydrogens (tertiary/aromatic N) is 1. The van der Waals surface area contributed by atoms with Crippen LogP contribution in [0.3, 0.4) is 0 Å². The molecule has 12 heavy (non-hydrogen) atoms. The monoisotopic (exact) mass is 170 g/mol. The maximum atomic E-state index is 11.6. The zero-order valence-corrected chi connectivity index (χ0v) is 8.13. The van der Waals surface area contributed by atoms with Gasteiger partial charge in [0.15, 0.2) is 0 Å². The van der Waals surface area contributed by atoms with Gasteiger partial charge < -0.3 is 0 Å². The maximum Gasteiger partial charge on any atom is 0.240 e. The molecule has 2 N–H and O–H groups in total. The predicted molar refractivity (Wildman–Crippen MR) is 48.1 cm³/mol. The number of carbonyl (C=O) groups excluding carboxylic acids is 1. The van der Waals surface area contributed by atoms with Crippen LogP contribution in [0, 0.1) is 5.92 Å². The van der Waals surface area contributed by atoms with Gasteiger partial charge >= 0.3 is 0 Å². The highest BCUT2D eigenvalue weighted by molar-refractivity contribution is 5.79. The lowest BCUT2D eigenvalue weighted by Crippen LogP contribution is -2.53. The molecule has 70 valence electrons. The summed E-state index contributed by atoms with van der Waals surface area (Å²) in [6.45, 7) is 5.84. The third-order valence-electron chi connectivity index (χ3n) is 2.41. The van der Waals surface area contributed by atoms with Gasteiger partial charge in [-0.25, -0.2) is 5.84 Å². The van der Waals surface area contributed by atoms with Gasteiger partial charge in [-0.15, -0.1) is 0 Å². The van der Waals surface area contributed by atoms with E-state index in [2.05, 4.69) is 0 Å². The van der Waals surface area contributed by atoms with Crippen molar-refractivity contribution >= 4 is 5.91 Å². The first kappa shape index (κ1) is 9.52. The molecule has 1 rings (SSSR count). The van der Waals surface area contributed by atoms with Gasteiger partial charge in [0.25, 0.3) is 0 Å². The Balaban J connectivity index is 2.51. The van der Waals surface area contributed by atoms with E-state index in [0.717, 1.165) is 12.8 Å².